The molecule has 0 bridgehead atoms. The summed E-state index contributed by atoms with van der Waals surface area (Å²) in [6.07, 6.45) is 12.6. The van der Waals surface area contributed by atoms with Crippen molar-refractivity contribution in [1.29, 1.82) is 5.26 Å². The van der Waals surface area contributed by atoms with Crippen LogP contribution in [0.4, 0.5) is 16.3 Å². The molecule has 44 heavy (non-hydrogen) atoms. The number of aromatic nitrogens is 4. The van der Waals surface area contributed by atoms with Gasteiger partial charge in [-0.1, -0.05) is 48.5 Å². The average molecular weight is 583 g/mol. The lowest BCUT2D eigenvalue weighted by molar-refractivity contribution is 0.240. The normalized spacial score (nSPS) is 16.1. The quantitative estimate of drug-likeness (QED) is 0.208. The van der Waals surface area contributed by atoms with Gasteiger partial charge in [0.25, 0.3) is 0 Å². The third-order valence-electron chi connectivity index (χ3n) is 7.99. The minimum atomic E-state index is -0.101. The van der Waals surface area contributed by atoms with E-state index < -0.39 is 0 Å². The Hall–Kier alpha value is -5.49. The molecule has 9 nitrogen and oxygen atoms in total. The smallest absolute Gasteiger partial charge is 0.322 e. The van der Waals surface area contributed by atoms with Crippen LogP contribution in [0.25, 0.3) is 11.1 Å². The van der Waals surface area contributed by atoms with Crippen LogP contribution in [0, 0.1) is 11.3 Å². The van der Waals surface area contributed by atoms with Crippen molar-refractivity contribution >= 4 is 17.5 Å². The van der Waals surface area contributed by atoms with Gasteiger partial charge in [0, 0.05) is 54.7 Å². The zero-order valence-electron chi connectivity index (χ0n) is 24.4. The number of rotatable bonds is 9. The molecule has 3 aromatic heterocycles. The molecule has 0 unspecified atom stereocenters. The average Bonchev–Trinajstić information content (AvgIpc) is 3.55. The van der Waals surface area contributed by atoms with Gasteiger partial charge in [0.05, 0.1) is 18.3 Å². The zero-order valence-corrected chi connectivity index (χ0v) is 24.4. The van der Waals surface area contributed by atoms with Crippen LogP contribution in [-0.2, 0) is 13.1 Å². The summed E-state index contributed by atoms with van der Waals surface area (Å²) in [6.45, 7) is 1.12. The molecule has 6 rings (SSSR count). The molecule has 1 aliphatic rings. The van der Waals surface area contributed by atoms with E-state index in [1.165, 1.54) is 0 Å². The molecule has 2 aromatic carbocycles. The molecule has 1 aliphatic carbocycles. The summed E-state index contributed by atoms with van der Waals surface area (Å²) in [7, 11) is 0. The second-order valence-corrected chi connectivity index (χ2v) is 11.0. The van der Waals surface area contributed by atoms with Gasteiger partial charge in [-0.05, 0) is 72.7 Å². The molecule has 1 fully saturated rings. The van der Waals surface area contributed by atoms with Crippen molar-refractivity contribution < 1.29 is 4.79 Å². The molecule has 5 aromatic rings. The monoisotopic (exact) mass is 582 g/mol. The highest BCUT2D eigenvalue weighted by Crippen LogP contribution is 2.31. The summed E-state index contributed by atoms with van der Waals surface area (Å²) in [4.78, 5) is 24.2. The number of urea groups is 1. The number of nitrogens with zero attached hydrogens (tertiary/aromatic N) is 6. The fourth-order valence-corrected chi connectivity index (χ4v) is 5.68. The Balaban J connectivity index is 1.15. The summed E-state index contributed by atoms with van der Waals surface area (Å²) in [5.41, 5.74) is 5.62. The van der Waals surface area contributed by atoms with E-state index in [9.17, 15) is 4.79 Å². The van der Waals surface area contributed by atoms with Crippen molar-refractivity contribution in [3.05, 3.63) is 127 Å². The Morgan fingerprint density at radius 3 is 2.39 bits per heavy atom. The number of amides is 2. The SMILES string of the molecule is N#Cc1ccc(N[C@H]2CC[C@H](N(C(=O)NCc3ccccc3)c3ccc(-c4cnn(Cc5cccnc5)c4)cc3)CC2)nc1. The fraction of sp³-hybridized carbons (Fsp3) is 0.229. The topological polar surface area (TPSA) is 112 Å². The summed E-state index contributed by atoms with van der Waals surface area (Å²) < 4.78 is 1.91. The van der Waals surface area contributed by atoms with Gasteiger partial charge in [0.1, 0.15) is 11.9 Å². The molecular weight excluding hydrogens is 548 g/mol. The molecule has 2 N–H and O–H groups in total. The summed E-state index contributed by atoms with van der Waals surface area (Å²) in [6, 6.07) is 28.0. The molecule has 1 saturated carbocycles. The zero-order chi connectivity index (χ0) is 30.1. The van der Waals surface area contributed by atoms with Crippen molar-refractivity contribution in [2.45, 2.75) is 50.9 Å². The Bertz CT molecular complexity index is 1690. The largest absolute Gasteiger partial charge is 0.367 e. The van der Waals surface area contributed by atoms with Crippen LogP contribution in [-0.4, -0.2) is 37.9 Å². The van der Waals surface area contributed by atoms with Crippen LogP contribution < -0.4 is 15.5 Å². The number of hydrogen-bond acceptors (Lipinski definition) is 6. The molecule has 0 saturated heterocycles. The molecule has 0 atom stereocenters. The molecule has 9 heteroatoms. The van der Waals surface area contributed by atoms with Crippen LogP contribution in [0.15, 0.2) is 110 Å². The number of carbonyl (C=O) groups excluding carboxylic acids is 1. The van der Waals surface area contributed by atoms with Crippen molar-refractivity contribution in [3.63, 3.8) is 0 Å². The van der Waals surface area contributed by atoms with Crippen LogP contribution in [0.2, 0.25) is 0 Å². The van der Waals surface area contributed by atoms with E-state index in [0.29, 0.717) is 18.7 Å². The van der Waals surface area contributed by atoms with Crippen LogP contribution in [0.1, 0.15) is 42.4 Å². The number of carbonyl (C=O) groups is 1. The first kappa shape index (κ1) is 28.6. The summed E-state index contributed by atoms with van der Waals surface area (Å²) >= 11 is 0. The summed E-state index contributed by atoms with van der Waals surface area (Å²) in [5, 5.41) is 20.2. The first-order chi connectivity index (χ1) is 21.6. The maximum Gasteiger partial charge on any atom is 0.322 e. The minimum Gasteiger partial charge on any atom is -0.367 e. The van der Waals surface area contributed by atoms with E-state index in [1.54, 1.807) is 18.5 Å². The van der Waals surface area contributed by atoms with Gasteiger partial charge in [0.2, 0.25) is 0 Å². The molecule has 0 aliphatic heterocycles. The van der Waals surface area contributed by atoms with E-state index in [1.807, 2.05) is 88.8 Å². The van der Waals surface area contributed by atoms with E-state index in [-0.39, 0.29) is 18.1 Å². The van der Waals surface area contributed by atoms with Gasteiger partial charge in [0.15, 0.2) is 0 Å². The second kappa shape index (κ2) is 13.7. The molecule has 2 amide bonds. The summed E-state index contributed by atoms with van der Waals surface area (Å²) in [5.74, 6) is 0.768. The van der Waals surface area contributed by atoms with Crippen LogP contribution >= 0.6 is 0 Å². The van der Waals surface area contributed by atoms with E-state index >= 15 is 0 Å². The van der Waals surface area contributed by atoms with Crippen LogP contribution in [0.3, 0.4) is 0 Å². The lowest BCUT2D eigenvalue weighted by Crippen LogP contribution is -2.48. The van der Waals surface area contributed by atoms with Crippen molar-refractivity contribution in [2.24, 2.45) is 0 Å². The minimum absolute atomic E-state index is 0.0610. The Morgan fingerprint density at radius 1 is 0.886 bits per heavy atom. The number of benzene rings is 2. The highest BCUT2D eigenvalue weighted by atomic mass is 16.2. The highest BCUT2D eigenvalue weighted by molar-refractivity contribution is 5.93. The number of hydrogen-bond donors (Lipinski definition) is 2. The number of pyridine rings is 2. The fourth-order valence-electron chi connectivity index (χ4n) is 5.68. The third-order valence-corrected chi connectivity index (χ3v) is 7.99. The van der Waals surface area contributed by atoms with Gasteiger partial charge in [-0.15, -0.1) is 0 Å². The van der Waals surface area contributed by atoms with Gasteiger partial charge in [-0.25, -0.2) is 9.78 Å². The first-order valence-electron chi connectivity index (χ1n) is 14.9. The number of anilines is 2. The lowest BCUT2D eigenvalue weighted by Gasteiger charge is -2.37. The second-order valence-electron chi connectivity index (χ2n) is 11.0. The van der Waals surface area contributed by atoms with Gasteiger partial charge < -0.3 is 10.6 Å². The number of nitrogens with one attached hydrogen (secondary N) is 2. The predicted octanol–water partition coefficient (Wildman–Crippen LogP) is 6.40. The Morgan fingerprint density at radius 2 is 1.68 bits per heavy atom. The van der Waals surface area contributed by atoms with Gasteiger partial charge in [-0.3, -0.25) is 14.6 Å². The van der Waals surface area contributed by atoms with Crippen LogP contribution in [0.5, 0.6) is 0 Å². The first-order valence-corrected chi connectivity index (χ1v) is 14.9. The Kier molecular flexibility index (Phi) is 8.88. The highest BCUT2D eigenvalue weighted by Gasteiger charge is 2.30. The standard InChI is InChI=1S/C35H34N8O/c36-19-27-8-17-34(38-22-27)41-31-11-15-33(16-12-31)43(35(44)39-21-26-5-2-1-3-6-26)32-13-9-29(10-14-32)30-23-40-42(25-30)24-28-7-4-18-37-20-28/h1-10,13-14,17-18,20,22-23,25,31,33H,11-12,15-16,21,24H2,(H,38,41)(H,39,44)/t31-,33-. The van der Waals surface area contributed by atoms with Crippen molar-refractivity contribution in [2.75, 3.05) is 10.2 Å². The van der Waals surface area contributed by atoms with Gasteiger partial charge in [-0.2, -0.15) is 10.4 Å². The maximum absolute atomic E-state index is 13.7. The van der Waals surface area contributed by atoms with Crippen molar-refractivity contribution in [3.8, 4) is 17.2 Å². The molecular formula is C35H34N8O. The molecule has 0 radical (unpaired) electrons. The molecule has 220 valence electrons. The maximum atomic E-state index is 13.7. The molecule has 3 heterocycles. The molecule has 0 spiro atoms. The van der Waals surface area contributed by atoms with E-state index in [0.717, 1.165) is 59.4 Å². The van der Waals surface area contributed by atoms with E-state index in [4.69, 9.17) is 5.26 Å². The Labute approximate surface area is 257 Å². The number of nitriles is 1. The van der Waals surface area contributed by atoms with Crippen molar-refractivity contribution in [1.82, 2.24) is 25.1 Å². The van der Waals surface area contributed by atoms with E-state index in [2.05, 4.69) is 43.9 Å². The third kappa shape index (κ3) is 7.10. The lowest BCUT2D eigenvalue weighted by atomic mass is 9.89. The predicted molar refractivity (Wildman–Crippen MR) is 171 cm³/mol. The van der Waals surface area contributed by atoms with Gasteiger partial charge >= 0.3 is 6.03 Å².